The van der Waals surface area contributed by atoms with Crippen LogP contribution in [0.5, 0.6) is 0 Å². The molecule has 3 rings (SSSR count). The highest BCUT2D eigenvalue weighted by atomic mass is 32.2. The predicted octanol–water partition coefficient (Wildman–Crippen LogP) is 1.20. The Bertz CT molecular complexity index is 697. The zero-order chi connectivity index (χ0) is 11.9. The second-order valence-electron chi connectivity index (χ2n) is 3.48. The summed E-state index contributed by atoms with van der Waals surface area (Å²) in [5, 5.41) is -0.193. The van der Waals surface area contributed by atoms with E-state index in [1.165, 1.54) is 12.1 Å². The second-order valence-corrected chi connectivity index (χ2v) is 5.32. The monoisotopic (exact) mass is 245 g/mol. The Labute approximate surface area is 97.9 Å². The fourth-order valence-corrected chi connectivity index (χ4v) is 2.69. The van der Waals surface area contributed by atoms with Crippen LogP contribution in [0.1, 0.15) is 0 Å². The van der Waals surface area contributed by atoms with Gasteiger partial charge in [0.2, 0.25) is 9.84 Å². The van der Waals surface area contributed by atoms with Crippen LogP contribution in [0, 0.1) is 0 Å². The minimum Gasteiger partial charge on any atom is -0.235 e. The molecule has 84 valence electrons. The van der Waals surface area contributed by atoms with Gasteiger partial charge in [0.15, 0.2) is 5.84 Å². The third kappa shape index (κ3) is 1.53. The van der Waals surface area contributed by atoms with Gasteiger partial charge >= 0.3 is 0 Å². The molecule has 0 bridgehead atoms. The maximum absolute atomic E-state index is 12.1. The number of nitrogens with zero attached hydrogens (tertiary/aromatic N) is 3. The number of rotatable bonds is 1. The molecule has 0 amide bonds. The maximum atomic E-state index is 12.1. The minimum absolute atomic E-state index is 0.188. The molecule has 0 spiro atoms. The summed E-state index contributed by atoms with van der Waals surface area (Å²) in [5.41, 5.74) is 0.500. The first-order valence-electron chi connectivity index (χ1n) is 4.90. The van der Waals surface area contributed by atoms with Crippen molar-refractivity contribution in [3.05, 3.63) is 42.6 Å². The van der Waals surface area contributed by atoms with Gasteiger partial charge in [0, 0.05) is 6.20 Å². The van der Waals surface area contributed by atoms with E-state index in [2.05, 4.69) is 15.0 Å². The molecule has 17 heavy (non-hydrogen) atoms. The summed E-state index contributed by atoms with van der Waals surface area (Å²) in [6.45, 7) is 0. The maximum Gasteiger partial charge on any atom is 0.254 e. The van der Waals surface area contributed by atoms with Crippen molar-refractivity contribution in [2.24, 2.45) is 15.0 Å². The third-order valence-corrected chi connectivity index (χ3v) is 3.93. The normalized spacial score (nSPS) is 17.5. The van der Waals surface area contributed by atoms with E-state index in [-0.39, 0.29) is 10.1 Å². The largest absolute Gasteiger partial charge is 0.254 e. The quantitative estimate of drug-likeness (QED) is 0.745. The Kier molecular flexibility index (Phi) is 2.05. The van der Waals surface area contributed by atoms with Crippen LogP contribution in [0.4, 0.5) is 0 Å². The fraction of sp³-hybridized carbons (Fsp3) is 0. The second kappa shape index (κ2) is 3.46. The van der Waals surface area contributed by atoms with Gasteiger partial charge in [-0.15, -0.1) is 0 Å². The highest BCUT2D eigenvalue weighted by Gasteiger charge is 2.29. The molecule has 0 aromatic heterocycles. The number of benzene rings is 1. The molecular weight excluding hydrogens is 238 g/mol. The Balaban J connectivity index is 2.08. The first kappa shape index (κ1) is 10.1. The summed E-state index contributed by atoms with van der Waals surface area (Å²) in [5.74, 6) is 0.361. The predicted molar refractivity (Wildman–Crippen MR) is 65.1 cm³/mol. The van der Waals surface area contributed by atoms with Crippen LogP contribution in [-0.2, 0) is 9.84 Å². The molecule has 2 aliphatic rings. The van der Waals surface area contributed by atoms with E-state index in [9.17, 15) is 8.42 Å². The van der Waals surface area contributed by atoms with Crippen LogP contribution in [0.3, 0.4) is 0 Å². The molecule has 5 nitrogen and oxygen atoms in total. The number of aliphatic imine (C=N–C) groups is 3. The number of hydrogen-bond acceptors (Lipinski definition) is 5. The number of hydrogen-bond donors (Lipinski definition) is 0. The van der Waals surface area contributed by atoms with E-state index < -0.39 is 9.84 Å². The van der Waals surface area contributed by atoms with E-state index in [4.69, 9.17) is 0 Å². The lowest BCUT2D eigenvalue weighted by atomic mass is 10.4. The minimum atomic E-state index is -3.63. The zero-order valence-corrected chi connectivity index (χ0v) is 9.42. The summed E-state index contributed by atoms with van der Waals surface area (Å²) >= 11 is 0. The molecule has 6 heteroatoms. The molecule has 2 heterocycles. The molecule has 0 radical (unpaired) electrons. The Morgan fingerprint density at radius 2 is 1.76 bits per heavy atom. The number of amidine groups is 2. The molecule has 0 N–H and O–H groups in total. The summed E-state index contributed by atoms with van der Waals surface area (Å²) in [4.78, 5) is 12.0. The van der Waals surface area contributed by atoms with Crippen molar-refractivity contribution >= 4 is 26.6 Å². The summed E-state index contributed by atoms with van der Waals surface area (Å²) in [6, 6.07) is 8.11. The van der Waals surface area contributed by atoms with Crippen LogP contribution in [0.15, 0.2) is 62.5 Å². The molecule has 1 aromatic carbocycles. The Morgan fingerprint density at radius 1 is 1.00 bits per heavy atom. The van der Waals surface area contributed by atoms with Crippen molar-refractivity contribution in [3.8, 4) is 0 Å². The van der Waals surface area contributed by atoms with E-state index in [1.807, 2.05) is 0 Å². The van der Waals surface area contributed by atoms with Crippen molar-refractivity contribution in [3.63, 3.8) is 0 Å². The molecule has 2 aliphatic heterocycles. The fourth-order valence-electron chi connectivity index (χ4n) is 1.54. The smallest absolute Gasteiger partial charge is 0.235 e. The third-order valence-electron chi connectivity index (χ3n) is 2.37. The van der Waals surface area contributed by atoms with Gasteiger partial charge in [0.1, 0.15) is 5.71 Å². The van der Waals surface area contributed by atoms with E-state index in [0.29, 0.717) is 11.5 Å². The molecule has 0 unspecified atom stereocenters. The summed E-state index contributed by atoms with van der Waals surface area (Å²) < 4.78 is 24.3. The van der Waals surface area contributed by atoms with Gasteiger partial charge in [-0.2, -0.15) is 4.99 Å². The lowest BCUT2D eigenvalue weighted by Crippen LogP contribution is -2.11. The van der Waals surface area contributed by atoms with Crippen LogP contribution in [0.25, 0.3) is 0 Å². The van der Waals surface area contributed by atoms with Crippen LogP contribution < -0.4 is 0 Å². The van der Waals surface area contributed by atoms with Crippen molar-refractivity contribution in [1.82, 2.24) is 0 Å². The van der Waals surface area contributed by atoms with Gasteiger partial charge in [0.05, 0.1) is 4.90 Å². The molecule has 0 aliphatic carbocycles. The van der Waals surface area contributed by atoms with Gasteiger partial charge in [-0.25, -0.2) is 18.4 Å². The molecular formula is C11H7N3O2S. The molecule has 0 saturated carbocycles. The van der Waals surface area contributed by atoms with Crippen molar-refractivity contribution < 1.29 is 8.42 Å². The topological polar surface area (TPSA) is 71.2 Å². The van der Waals surface area contributed by atoms with Gasteiger partial charge in [-0.3, -0.25) is 0 Å². The molecule has 0 fully saturated rings. The Hall–Kier alpha value is -2.08. The average Bonchev–Trinajstić information content (AvgIpc) is 2.90. The first-order valence-corrected chi connectivity index (χ1v) is 6.38. The first-order chi connectivity index (χ1) is 8.18. The van der Waals surface area contributed by atoms with Crippen LogP contribution >= 0.6 is 0 Å². The highest BCUT2D eigenvalue weighted by molar-refractivity contribution is 8.06. The SMILES string of the molecule is O=S(=O)(C1=NC2=NC=CC2=N1)c1ccccc1. The van der Waals surface area contributed by atoms with Crippen LogP contribution in [-0.4, -0.2) is 25.1 Å². The summed E-state index contributed by atoms with van der Waals surface area (Å²) in [7, 11) is -3.63. The Morgan fingerprint density at radius 3 is 2.47 bits per heavy atom. The van der Waals surface area contributed by atoms with Gasteiger partial charge in [-0.1, -0.05) is 18.2 Å². The van der Waals surface area contributed by atoms with Gasteiger partial charge < -0.3 is 0 Å². The van der Waals surface area contributed by atoms with Crippen LogP contribution in [0.2, 0.25) is 0 Å². The van der Waals surface area contributed by atoms with Crippen molar-refractivity contribution in [1.29, 1.82) is 0 Å². The van der Waals surface area contributed by atoms with E-state index in [0.717, 1.165) is 0 Å². The molecule has 0 atom stereocenters. The van der Waals surface area contributed by atoms with E-state index >= 15 is 0 Å². The summed E-state index contributed by atoms with van der Waals surface area (Å²) in [6.07, 6.45) is 3.18. The average molecular weight is 245 g/mol. The standard InChI is InChI=1S/C11H7N3O2S/c15-17(16,8-4-2-1-3-5-8)11-13-9-6-7-12-10(9)14-11/h1-7H. The highest BCUT2D eigenvalue weighted by Crippen LogP contribution is 2.18. The van der Waals surface area contributed by atoms with E-state index in [1.54, 1.807) is 30.5 Å². The van der Waals surface area contributed by atoms with Crippen molar-refractivity contribution in [2.75, 3.05) is 0 Å². The van der Waals surface area contributed by atoms with Gasteiger partial charge in [-0.05, 0) is 18.2 Å². The van der Waals surface area contributed by atoms with Crippen molar-refractivity contribution in [2.45, 2.75) is 4.90 Å². The lowest BCUT2D eigenvalue weighted by molar-refractivity contribution is 0.607. The van der Waals surface area contributed by atoms with Gasteiger partial charge in [0.25, 0.3) is 5.17 Å². The number of fused-ring (bicyclic) bond motifs is 1. The molecule has 0 saturated heterocycles. The lowest BCUT2D eigenvalue weighted by Gasteiger charge is -1.99. The molecule has 1 aromatic rings. The number of sulfone groups is 1. The zero-order valence-electron chi connectivity index (χ0n) is 8.61.